The molecular formula is C16H14Cl2FNO3S. The topological polar surface area (TPSA) is 66.4 Å². The van der Waals surface area contributed by atoms with E-state index in [2.05, 4.69) is 4.72 Å². The van der Waals surface area contributed by atoms with E-state index in [1.165, 1.54) is 18.2 Å². The molecule has 1 fully saturated rings. The van der Waals surface area contributed by atoms with Crippen LogP contribution in [0.5, 0.6) is 5.75 Å². The molecule has 8 heteroatoms. The van der Waals surface area contributed by atoms with Crippen molar-refractivity contribution in [2.45, 2.75) is 29.7 Å². The Morgan fingerprint density at radius 3 is 2.38 bits per heavy atom. The van der Waals surface area contributed by atoms with E-state index in [9.17, 15) is 17.9 Å². The zero-order chi connectivity index (χ0) is 17.5. The molecule has 4 nitrogen and oxygen atoms in total. The Labute approximate surface area is 149 Å². The summed E-state index contributed by atoms with van der Waals surface area (Å²) in [6.45, 7) is 0. The van der Waals surface area contributed by atoms with Gasteiger partial charge in [-0.3, -0.25) is 0 Å². The van der Waals surface area contributed by atoms with Gasteiger partial charge in [0.05, 0.1) is 5.02 Å². The number of hydrogen-bond acceptors (Lipinski definition) is 3. The highest BCUT2D eigenvalue weighted by atomic mass is 35.5. The van der Waals surface area contributed by atoms with Gasteiger partial charge in [0, 0.05) is 11.1 Å². The molecule has 0 aliphatic heterocycles. The van der Waals surface area contributed by atoms with Gasteiger partial charge in [-0.25, -0.2) is 17.5 Å². The van der Waals surface area contributed by atoms with E-state index in [4.69, 9.17) is 23.2 Å². The molecule has 2 N–H and O–H groups in total. The van der Waals surface area contributed by atoms with Crippen molar-refractivity contribution in [2.24, 2.45) is 0 Å². The highest BCUT2D eigenvalue weighted by Crippen LogP contribution is 2.39. The summed E-state index contributed by atoms with van der Waals surface area (Å²) in [4.78, 5) is -0.342. The first-order valence-electron chi connectivity index (χ1n) is 7.22. The number of benzene rings is 2. The zero-order valence-corrected chi connectivity index (χ0v) is 14.7. The third kappa shape index (κ3) is 3.52. The van der Waals surface area contributed by atoms with Crippen LogP contribution in [-0.2, 0) is 10.0 Å². The molecule has 128 valence electrons. The fourth-order valence-corrected chi connectivity index (χ4v) is 4.77. The van der Waals surface area contributed by atoms with E-state index in [-0.39, 0.29) is 32.7 Å². The third-order valence-corrected chi connectivity index (χ3v) is 6.12. The largest absolute Gasteiger partial charge is 0.505 e. The summed E-state index contributed by atoms with van der Waals surface area (Å²) < 4.78 is 40.3. The van der Waals surface area contributed by atoms with Crippen LogP contribution in [0.3, 0.4) is 0 Å². The quantitative estimate of drug-likeness (QED) is 0.828. The van der Waals surface area contributed by atoms with Gasteiger partial charge in [-0.05, 0) is 48.6 Å². The lowest BCUT2D eigenvalue weighted by Crippen LogP contribution is -2.43. The highest BCUT2D eigenvalue weighted by molar-refractivity contribution is 7.89. The van der Waals surface area contributed by atoms with E-state index in [0.717, 1.165) is 11.6 Å². The van der Waals surface area contributed by atoms with Crippen molar-refractivity contribution in [3.63, 3.8) is 0 Å². The molecule has 1 saturated carbocycles. The molecule has 0 spiro atoms. The fourth-order valence-electron chi connectivity index (χ4n) is 2.75. The van der Waals surface area contributed by atoms with E-state index >= 15 is 0 Å². The molecule has 0 atom stereocenters. The molecule has 24 heavy (non-hydrogen) atoms. The van der Waals surface area contributed by atoms with Crippen LogP contribution in [0.4, 0.5) is 4.39 Å². The van der Waals surface area contributed by atoms with E-state index in [0.29, 0.717) is 12.8 Å². The third-order valence-electron chi connectivity index (χ3n) is 4.08. The van der Waals surface area contributed by atoms with Crippen LogP contribution in [0.25, 0.3) is 0 Å². The summed E-state index contributed by atoms with van der Waals surface area (Å²) in [6, 6.07) is 8.34. The second-order valence-corrected chi connectivity index (χ2v) is 8.30. The summed E-state index contributed by atoms with van der Waals surface area (Å²) >= 11 is 11.6. The molecule has 2 aromatic rings. The first-order chi connectivity index (χ1) is 11.3. The SMILES string of the molecule is O=S(=O)(N[C@H]1C[C@H](c2ccc(F)cc2)C1)c1cc(Cl)cc(Cl)c1O. The summed E-state index contributed by atoms with van der Waals surface area (Å²) in [6.07, 6.45) is 1.19. The van der Waals surface area contributed by atoms with Crippen LogP contribution >= 0.6 is 23.2 Å². The molecule has 1 aliphatic carbocycles. The number of hydrogen-bond donors (Lipinski definition) is 2. The molecule has 0 radical (unpaired) electrons. The van der Waals surface area contributed by atoms with Gasteiger partial charge in [0.2, 0.25) is 10.0 Å². The van der Waals surface area contributed by atoms with Gasteiger partial charge in [0.15, 0.2) is 5.75 Å². The molecule has 0 saturated heterocycles. The smallest absolute Gasteiger partial charge is 0.244 e. The number of rotatable bonds is 4. The maximum atomic E-state index is 12.9. The summed E-state index contributed by atoms with van der Waals surface area (Å²) in [7, 11) is -3.94. The Morgan fingerprint density at radius 1 is 1.12 bits per heavy atom. The fraction of sp³-hybridized carbons (Fsp3) is 0.250. The Kier molecular flexibility index (Phi) is 4.75. The zero-order valence-electron chi connectivity index (χ0n) is 12.3. The van der Waals surface area contributed by atoms with Crippen molar-refractivity contribution in [3.05, 3.63) is 57.8 Å². The van der Waals surface area contributed by atoms with Crippen molar-refractivity contribution < 1.29 is 17.9 Å². The van der Waals surface area contributed by atoms with Gasteiger partial charge in [0.1, 0.15) is 10.7 Å². The molecule has 0 aromatic heterocycles. The van der Waals surface area contributed by atoms with Crippen molar-refractivity contribution in [2.75, 3.05) is 0 Å². The first-order valence-corrected chi connectivity index (χ1v) is 9.46. The van der Waals surface area contributed by atoms with Crippen LogP contribution < -0.4 is 4.72 Å². The maximum absolute atomic E-state index is 12.9. The van der Waals surface area contributed by atoms with Gasteiger partial charge < -0.3 is 5.11 Å². The Bertz CT molecular complexity index is 866. The maximum Gasteiger partial charge on any atom is 0.244 e. The predicted octanol–water partition coefficient (Wildman–Crippen LogP) is 4.06. The van der Waals surface area contributed by atoms with Gasteiger partial charge in [0.25, 0.3) is 0 Å². The van der Waals surface area contributed by atoms with Crippen molar-refractivity contribution in [3.8, 4) is 5.75 Å². The first kappa shape index (κ1) is 17.5. The van der Waals surface area contributed by atoms with Gasteiger partial charge >= 0.3 is 0 Å². The van der Waals surface area contributed by atoms with Crippen LogP contribution in [0.15, 0.2) is 41.3 Å². The van der Waals surface area contributed by atoms with Crippen LogP contribution in [0.1, 0.15) is 24.3 Å². The van der Waals surface area contributed by atoms with Gasteiger partial charge in [-0.15, -0.1) is 0 Å². The number of phenolic OH excluding ortho intramolecular Hbond substituents is 1. The van der Waals surface area contributed by atoms with E-state index in [1.54, 1.807) is 12.1 Å². The van der Waals surface area contributed by atoms with Crippen molar-refractivity contribution in [1.82, 2.24) is 4.72 Å². The molecule has 3 rings (SSSR count). The number of nitrogens with one attached hydrogen (secondary N) is 1. The molecule has 0 bridgehead atoms. The Hall–Kier alpha value is -1.34. The summed E-state index contributed by atoms with van der Waals surface area (Å²) in [5.41, 5.74) is 0.973. The standard InChI is InChI=1S/C16H14Cl2FNO3S/c17-11-7-14(18)16(21)15(8-11)24(22,23)20-13-5-10(6-13)9-1-3-12(19)4-2-9/h1-4,7-8,10,13,20-21H,5-6H2/t10-,13-. The predicted molar refractivity (Wildman–Crippen MR) is 90.6 cm³/mol. The minimum Gasteiger partial charge on any atom is -0.505 e. The lowest BCUT2D eigenvalue weighted by Gasteiger charge is -2.36. The molecule has 2 aromatic carbocycles. The number of sulfonamides is 1. The lowest BCUT2D eigenvalue weighted by atomic mass is 9.76. The van der Waals surface area contributed by atoms with Gasteiger partial charge in [-0.1, -0.05) is 35.3 Å². The van der Waals surface area contributed by atoms with Crippen LogP contribution in [-0.4, -0.2) is 19.6 Å². The highest BCUT2D eigenvalue weighted by Gasteiger charge is 2.34. The minimum absolute atomic E-state index is 0.121. The average Bonchev–Trinajstić information content (AvgIpc) is 2.47. The van der Waals surface area contributed by atoms with Crippen LogP contribution in [0.2, 0.25) is 10.0 Å². The summed E-state index contributed by atoms with van der Waals surface area (Å²) in [5.74, 6) is -0.651. The number of halogens is 3. The normalized spacial score (nSPS) is 20.6. The molecule has 0 unspecified atom stereocenters. The second kappa shape index (κ2) is 6.52. The van der Waals surface area contributed by atoms with Crippen LogP contribution in [0, 0.1) is 5.82 Å². The average molecular weight is 390 g/mol. The number of aromatic hydroxyl groups is 1. The minimum atomic E-state index is -3.94. The van der Waals surface area contributed by atoms with Gasteiger partial charge in [-0.2, -0.15) is 0 Å². The lowest BCUT2D eigenvalue weighted by molar-refractivity contribution is 0.325. The monoisotopic (exact) mass is 389 g/mol. The molecular weight excluding hydrogens is 376 g/mol. The molecule has 0 heterocycles. The molecule has 0 amide bonds. The van der Waals surface area contributed by atoms with E-state index < -0.39 is 15.8 Å². The number of phenols is 1. The van der Waals surface area contributed by atoms with Crippen molar-refractivity contribution in [1.29, 1.82) is 0 Å². The second-order valence-electron chi connectivity index (χ2n) is 5.77. The van der Waals surface area contributed by atoms with Crippen molar-refractivity contribution >= 4 is 33.2 Å². The molecule has 1 aliphatic rings. The Morgan fingerprint density at radius 2 is 1.75 bits per heavy atom. The van der Waals surface area contributed by atoms with E-state index in [1.807, 2.05) is 0 Å². The summed E-state index contributed by atoms with van der Waals surface area (Å²) in [5, 5.41) is 9.87. The Balaban J connectivity index is 1.70.